The Morgan fingerprint density at radius 1 is 0.900 bits per heavy atom. The van der Waals surface area contributed by atoms with E-state index in [1.54, 1.807) is 18.3 Å². The molecule has 3 aromatic heterocycles. The second kappa shape index (κ2) is 7.06. The van der Waals surface area contributed by atoms with E-state index >= 15 is 0 Å². The van der Waals surface area contributed by atoms with Crippen LogP contribution >= 0.6 is 0 Å². The Labute approximate surface area is 174 Å². The largest absolute Gasteiger partial charge is 0.437 e. The lowest BCUT2D eigenvalue weighted by Gasteiger charge is -2.12. The number of nitrogens with zero attached hydrogens (tertiary/aromatic N) is 2. The van der Waals surface area contributed by atoms with Gasteiger partial charge in [-0.2, -0.15) is 0 Å². The number of fused-ring (bicyclic) bond motifs is 3. The minimum atomic E-state index is -0.258. The predicted octanol–water partition coefficient (Wildman–Crippen LogP) is 7.28. The van der Waals surface area contributed by atoms with Gasteiger partial charge in [0.2, 0.25) is 5.71 Å². The van der Waals surface area contributed by atoms with Gasteiger partial charge in [-0.1, -0.05) is 44.2 Å². The molecule has 3 nitrogen and oxygen atoms in total. The molecule has 30 heavy (non-hydrogen) atoms. The number of halogens is 1. The highest BCUT2D eigenvalue weighted by atomic mass is 19.1. The molecule has 0 saturated heterocycles. The molecular formula is C26H21FN2O. The van der Waals surface area contributed by atoms with Gasteiger partial charge in [0.25, 0.3) is 0 Å². The van der Waals surface area contributed by atoms with Crippen LogP contribution < -0.4 is 0 Å². The zero-order chi connectivity index (χ0) is 20.8. The quantitative estimate of drug-likeness (QED) is 0.322. The van der Waals surface area contributed by atoms with Crippen LogP contribution in [-0.4, -0.2) is 9.97 Å². The monoisotopic (exact) mass is 396 g/mol. The Bertz CT molecular complexity index is 1380. The van der Waals surface area contributed by atoms with Crippen molar-refractivity contribution in [1.82, 2.24) is 9.97 Å². The smallest absolute Gasteiger partial charge is 0.227 e. The van der Waals surface area contributed by atoms with Gasteiger partial charge >= 0.3 is 0 Å². The molecule has 3 heterocycles. The molecule has 0 unspecified atom stereocenters. The first kappa shape index (κ1) is 18.5. The molecule has 0 spiro atoms. The minimum absolute atomic E-state index is 0.258. The van der Waals surface area contributed by atoms with Gasteiger partial charge in [-0.3, -0.25) is 4.98 Å². The van der Waals surface area contributed by atoms with Crippen molar-refractivity contribution >= 4 is 22.1 Å². The SMILES string of the molecule is Cc1ccc2c(oc3nc(C(C)C)ccc32)c1-c1ncccc1-c1ccc(F)cc1. The van der Waals surface area contributed by atoms with E-state index in [0.717, 1.165) is 50.0 Å². The predicted molar refractivity (Wildman–Crippen MR) is 119 cm³/mol. The summed E-state index contributed by atoms with van der Waals surface area (Å²) in [5.74, 6) is 0.0662. The van der Waals surface area contributed by atoms with Crippen molar-refractivity contribution in [3.63, 3.8) is 0 Å². The summed E-state index contributed by atoms with van der Waals surface area (Å²) < 4.78 is 19.8. The van der Waals surface area contributed by atoms with Crippen molar-refractivity contribution in [2.75, 3.05) is 0 Å². The number of hydrogen-bond acceptors (Lipinski definition) is 3. The van der Waals surface area contributed by atoms with Crippen LogP contribution in [0.2, 0.25) is 0 Å². The molecule has 148 valence electrons. The average molecular weight is 396 g/mol. The standard InChI is InChI=1S/C26H21FN2O/c1-15(2)22-13-12-21-20-11-6-16(3)23(25(20)30-26(21)29-22)24-19(5-4-14-28-24)17-7-9-18(27)10-8-17/h4-15H,1-3H3. The summed E-state index contributed by atoms with van der Waals surface area (Å²) in [5, 5.41) is 2.01. The maximum absolute atomic E-state index is 13.5. The Hall–Kier alpha value is -3.53. The summed E-state index contributed by atoms with van der Waals surface area (Å²) in [4.78, 5) is 9.44. The molecule has 0 amide bonds. The molecular weight excluding hydrogens is 375 g/mol. The molecule has 0 aliphatic carbocycles. The van der Waals surface area contributed by atoms with Crippen LogP contribution in [0, 0.1) is 12.7 Å². The lowest BCUT2D eigenvalue weighted by molar-refractivity contribution is 0.628. The van der Waals surface area contributed by atoms with Crippen molar-refractivity contribution in [3.8, 4) is 22.4 Å². The molecule has 0 saturated carbocycles. The highest BCUT2D eigenvalue weighted by Crippen LogP contribution is 2.40. The van der Waals surface area contributed by atoms with Crippen molar-refractivity contribution in [1.29, 1.82) is 0 Å². The molecule has 0 N–H and O–H groups in total. The topological polar surface area (TPSA) is 38.9 Å². The van der Waals surface area contributed by atoms with Gasteiger partial charge in [-0.05, 0) is 54.3 Å². The van der Waals surface area contributed by atoms with Gasteiger partial charge in [0.1, 0.15) is 11.4 Å². The normalized spacial score (nSPS) is 11.6. The van der Waals surface area contributed by atoms with E-state index in [4.69, 9.17) is 14.4 Å². The van der Waals surface area contributed by atoms with Gasteiger partial charge in [0.05, 0.1) is 5.69 Å². The number of pyridine rings is 2. The number of hydrogen-bond donors (Lipinski definition) is 0. The molecule has 5 aromatic rings. The maximum atomic E-state index is 13.5. The summed E-state index contributed by atoms with van der Waals surface area (Å²) >= 11 is 0. The van der Waals surface area contributed by atoms with Gasteiger partial charge < -0.3 is 4.42 Å². The fraction of sp³-hybridized carbons (Fsp3) is 0.154. The number of rotatable bonds is 3. The van der Waals surface area contributed by atoms with E-state index in [2.05, 4.69) is 45.0 Å². The number of aryl methyl sites for hydroxylation is 1. The van der Waals surface area contributed by atoms with Crippen LogP contribution in [0.4, 0.5) is 4.39 Å². The molecule has 0 radical (unpaired) electrons. The minimum Gasteiger partial charge on any atom is -0.437 e. The van der Waals surface area contributed by atoms with E-state index in [-0.39, 0.29) is 5.82 Å². The molecule has 4 heteroatoms. The van der Waals surface area contributed by atoms with E-state index in [1.165, 1.54) is 12.1 Å². The van der Waals surface area contributed by atoms with Crippen LogP contribution in [-0.2, 0) is 0 Å². The molecule has 0 bridgehead atoms. The number of furan rings is 1. The zero-order valence-electron chi connectivity index (χ0n) is 17.1. The Morgan fingerprint density at radius 2 is 1.67 bits per heavy atom. The van der Waals surface area contributed by atoms with Crippen molar-refractivity contribution in [2.45, 2.75) is 26.7 Å². The van der Waals surface area contributed by atoms with E-state index < -0.39 is 0 Å². The van der Waals surface area contributed by atoms with E-state index in [1.807, 2.05) is 12.1 Å². The average Bonchev–Trinajstić information content (AvgIpc) is 3.12. The van der Waals surface area contributed by atoms with Gasteiger partial charge in [0, 0.05) is 33.8 Å². The summed E-state index contributed by atoms with van der Waals surface area (Å²) in [6.07, 6.45) is 1.78. The van der Waals surface area contributed by atoms with E-state index in [9.17, 15) is 4.39 Å². The first-order valence-corrected chi connectivity index (χ1v) is 10.1. The van der Waals surface area contributed by atoms with E-state index in [0.29, 0.717) is 11.6 Å². The molecule has 0 aliphatic heterocycles. The molecule has 2 aromatic carbocycles. The number of benzene rings is 2. The summed E-state index contributed by atoms with van der Waals surface area (Å²) in [6.45, 7) is 6.29. The van der Waals surface area contributed by atoms with Crippen molar-refractivity contribution < 1.29 is 8.81 Å². The highest BCUT2D eigenvalue weighted by molar-refractivity contribution is 6.10. The van der Waals surface area contributed by atoms with Gasteiger partial charge in [-0.15, -0.1) is 0 Å². The van der Waals surface area contributed by atoms with Gasteiger partial charge in [0.15, 0.2) is 0 Å². The fourth-order valence-corrected chi connectivity index (χ4v) is 3.92. The first-order chi connectivity index (χ1) is 14.5. The lowest BCUT2D eigenvalue weighted by atomic mass is 9.95. The molecule has 0 fully saturated rings. The van der Waals surface area contributed by atoms with Gasteiger partial charge in [-0.25, -0.2) is 9.37 Å². The molecule has 0 aliphatic rings. The lowest BCUT2D eigenvalue weighted by Crippen LogP contribution is -1.92. The van der Waals surface area contributed by atoms with Crippen LogP contribution in [0.25, 0.3) is 44.5 Å². The third-order valence-corrected chi connectivity index (χ3v) is 5.53. The summed E-state index contributed by atoms with van der Waals surface area (Å²) in [7, 11) is 0. The summed E-state index contributed by atoms with van der Waals surface area (Å²) in [6, 6.07) is 18.7. The Kier molecular flexibility index (Phi) is 4.35. The van der Waals surface area contributed by atoms with Crippen molar-refractivity contribution in [2.24, 2.45) is 0 Å². The summed E-state index contributed by atoms with van der Waals surface area (Å²) in [5.41, 5.74) is 7.09. The fourth-order valence-electron chi connectivity index (χ4n) is 3.92. The second-order valence-electron chi connectivity index (χ2n) is 7.89. The Morgan fingerprint density at radius 3 is 2.43 bits per heavy atom. The third-order valence-electron chi connectivity index (χ3n) is 5.53. The van der Waals surface area contributed by atoms with Crippen LogP contribution in [0.15, 0.2) is 71.3 Å². The molecule has 5 rings (SSSR count). The zero-order valence-corrected chi connectivity index (χ0v) is 17.1. The Balaban J connectivity index is 1.80. The van der Waals surface area contributed by atoms with Crippen molar-refractivity contribution in [3.05, 3.63) is 83.9 Å². The first-order valence-electron chi connectivity index (χ1n) is 10.1. The molecule has 0 atom stereocenters. The third kappa shape index (κ3) is 2.96. The van der Waals surface area contributed by atoms with Crippen LogP contribution in [0.1, 0.15) is 31.0 Å². The maximum Gasteiger partial charge on any atom is 0.227 e. The highest BCUT2D eigenvalue weighted by Gasteiger charge is 2.19. The second-order valence-corrected chi connectivity index (χ2v) is 7.89. The van der Waals surface area contributed by atoms with Crippen LogP contribution in [0.5, 0.6) is 0 Å². The van der Waals surface area contributed by atoms with Crippen LogP contribution in [0.3, 0.4) is 0 Å². The number of aromatic nitrogens is 2.